The molecule has 1 aliphatic carbocycles. The first-order valence-corrected chi connectivity index (χ1v) is 8.80. The fraction of sp³-hybridized carbons (Fsp3) is 0.625. The molecule has 2 heterocycles. The minimum Gasteiger partial charge on any atom is -0.460 e. The first-order chi connectivity index (χ1) is 10.5. The van der Waals surface area contributed by atoms with Crippen molar-refractivity contribution in [3.8, 4) is 0 Å². The van der Waals surface area contributed by atoms with Crippen LogP contribution in [0.3, 0.4) is 0 Å². The van der Waals surface area contributed by atoms with Gasteiger partial charge in [-0.2, -0.15) is 0 Å². The summed E-state index contributed by atoms with van der Waals surface area (Å²) in [5, 5.41) is 3.93. The number of carbonyl (C=O) groups is 2. The van der Waals surface area contributed by atoms with Crippen molar-refractivity contribution in [3.05, 3.63) is 22.4 Å². The molecule has 2 aliphatic heterocycles. The zero-order valence-corrected chi connectivity index (χ0v) is 14.0. The summed E-state index contributed by atoms with van der Waals surface area (Å²) < 4.78 is 5.35. The lowest BCUT2D eigenvalue weighted by molar-refractivity contribution is -0.143. The van der Waals surface area contributed by atoms with Gasteiger partial charge in [-0.3, -0.25) is 4.79 Å². The third kappa shape index (κ3) is 3.16. The van der Waals surface area contributed by atoms with Crippen molar-refractivity contribution in [2.75, 3.05) is 12.3 Å². The maximum absolute atomic E-state index is 12.3. The number of nitrogens with zero attached hydrogens (tertiary/aromatic N) is 1. The largest absolute Gasteiger partial charge is 0.460 e. The molecule has 6 heteroatoms. The predicted molar refractivity (Wildman–Crippen MR) is 85.8 cm³/mol. The zero-order chi connectivity index (χ0) is 15.9. The summed E-state index contributed by atoms with van der Waals surface area (Å²) in [7, 11) is 0. The molecule has 0 aromatic heterocycles. The van der Waals surface area contributed by atoms with E-state index < -0.39 is 0 Å². The van der Waals surface area contributed by atoms with E-state index in [2.05, 4.69) is 10.2 Å². The van der Waals surface area contributed by atoms with Gasteiger partial charge in [0.25, 0.3) is 0 Å². The number of carbonyl (C=O) groups excluding carboxylic acids is 2. The highest BCUT2D eigenvalue weighted by Gasteiger charge is 2.39. The average Bonchev–Trinajstić information content (AvgIpc) is 3.05. The molecule has 1 N–H and O–H groups in total. The molecular formula is C16H22N2O3S. The normalized spacial score (nSPS) is 25.9. The molecule has 22 heavy (non-hydrogen) atoms. The van der Waals surface area contributed by atoms with Crippen molar-refractivity contribution >= 4 is 23.6 Å². The van der Waals surface area contributed by atoms with Crippen molar-refractivity contribution in [2.45, 2.75) is 45.8 Å². The SMILES string of the molecule is CC(C)OC(=O)C1=C2SCC(=CC(=O)NC3CC3)N2CC1C. The fourth-order valence-electron chi connectivity index (χ4n) is 2.74. The van der Waals surface area contributed by atoms with Gasteiger partial charge in [0.1, 0.15) is 0 Å². The Balaban J connectivity index is 1.76. The van der Waals surface area contributed by atoms with Crippen LogP contribution < -0.4 is 5.32 Å². The molecule has 0 bridgehead atoms. The van der Waals surface area contributed by atoms with E-state index >= 15 is 0 Å². The van der Waals surface area contributed by atoms with Gasteiger partial charge in [-0.1, -0.05) is 6.92 Å². The van der Waals surface area contributed by atoms with Gasteiger partial charge in [-0.05, 0) is 26.7 Å². The van der Waals surface area contributed by atoms with E-state index in [1.54, 1.807) is 17.8 Å². The molecule has 0 aromatic carbocycles. The van der Waals surface area contributed by atoms with Crippen molar-refractivity contribution < 1.29 is 14.3 Å². The molecular weight excluding hydrogens is 300 g/mol. The Labute approximate surface area is 135 Å². The van der Waals surface area contributed by atoms with Gasteiger partial charge < -0.3 is 15.0 Å². The first kappa shape index (κ1) is 15.5. The van der Waals surface area contributed by atoms with E-state index in [4.69, 9.17) is 4.74 Å². The van der Waals surface area contributed by atoms with Crippen molar-refractivity contribution in [1.82, 2.24) is 10.2 Å². The lowest BCUT2D eigenvalue weighted by Crippen LogP contribution is -2.25. The number of rotatable bonds is 4. The highest BCUT2D eigenvalue weighted by Crippen LogP contribution is 2.45. The summed E-state index contributed by atoms with van der Waals surface area (Å²) in [5.41, 5.74) is 1.74. The molecule has 0 spiro atoms. The second kappa shape index (κ2) is 5.99. The Bertz CT molecular complexity index is 564. The number of fused-ring (bicyclic) bond motifs is 1. The van der Waals surface area contributed by atoms with E-state index in [0.717, 1.165) is 41.4 Å². The van der Waals surface area contributed by atoms with Crippen LogP contribution in [0, 0.1) is 5.92 Å². The van der Waals surface area contributed by atoms with Crippen molar-refractivity contribution in [1.29, 1.82) is 0 Å². The average molecular weight is 322 g/mol. The number of hydrogen-bond acceptors (Lipinski definition) is 5. The second-order valence-electron chi connectivity index (χ2n) is 6.39. The van der Waals surface area contributed by atoms with E-state index in [1.165, 1.54) is 0 Å². The van der Waals surface area contributed by atoms with Gasteiger partial charge in [-0.25, -0.2) is 4.79 Å². The summed E-state index contributed by atoms with van der Waals surface area (Å²) in [6, 6.07) is 0.363. The lowest BCUT2D eigenvalue weighted by atomic mass is 10.1. The van der Waals surface area contributed by atoms with E-state index in [9.17, 15) is 9.59 Å². The van der Waals surface area contributed by atoms with Crippen LogP contribution in [0.25, 0.3) is 0 Å². The quantitative estimate of drug-likeness (QED) is 0.634. The Hall–Kier alpha value is -1.43. The van der Waals surface area contributed by atoms with Gasteiger partial charge in [0.2, 0.25) is 5.91 Å². The molecule has 1 saturated heterocycles. The molecule has 1 unspecified atom stereocenters. The summed E-state index contributed by atoms with van der Waals surface area (Å²) in [4.78, 5) is 26.3. The van der Waals surface area contributed by atoms with Gasteiger partial charge in [0, 0.05) is 36.0 Å². The van der Waals surface area contributed by atoms with Crippen LogP contribution in [0.1, 0.15) is 33.6 Å². The maximum Gasteiger partial charge on any atom is 0.337 e. The lowest BCUT2D eigenvalue weighted by Gasteiger charge is -2.15. The Morgan fingerprint density at radius 3 is 2.77 bits per heavy atom. The number of ether oxygens (including phenoxy) is 1. The van der Waals surface area contributed by atoms with Gasteiger partial charge in [0.15, 0.2) is 0 Å². The van der Waals surface area contributed by atoms with Crippen LogP contribution in [0.4, 0.5) is 0 Å². The Kier molecular flexibility index (Phi) is 4.21. The first-order valence-electron chi connectivity index (χ1n) is 7.82. The number of amides is 1. The van der Waals surface area contributed by atoms with Crippen LogP contribution in [0.5, 0.6) is 0 Å². The molecule has 0 radical (unpaired) electrons. The highest BCUT2D eigenvalue weighted by molar-refractivity contribution is 8.03. The summed E-state index contributed by atoms with van der Waals surface area (Å²) >= 11 is 1.62. The standard InChI is InChI=1S/C16H22N2O3S/c1-9(2)21-16(20)14-10(3)7-18-12(8-22-15(14)18)6-13(19)17-11-4-5-11/h6,9-11H,4-5,7-8H2,1-3H3,(H,17,19). The predicted octanol–water partition coefficient (Wildman–Crippen LogP) is 2.01. The Morgan fingerprint density at radius 2 is 2.14 bits per heavy atom. The van der Waals surface area contributed by atoms with Crippen LogP contribution >= 0.6 is 11.8 Å². The van der Waals surface area contributed by atoms with Gasteiger partial charge in [-0.15, -0.1) is 11.8 Å². The van der Waals surface area contributed by atoms with Crippen LogP contribution in [0.2, 0.25) is 0 Å². The monoisotopic (exact) mass is 322 g/mol. The topological polar surface area (TPSA) is 58.6 Å². The van der Waals surface area contributed by atoms with Gasteiger partial charge >= 0.3 is 5.97 Å². The van der Waals surface area contributed by atoms with E-state index in [0.29, 0.717) is 6.04 Å². The third-order valence-corrected chi connectivity index (χ3v) is 5.07. The number of nitrogens with one attached hydrogen (secondary N) is 1. The number of thioether (sulfide) groups is 1. The third-order valence-electron chi connectivity index (χ3n) is 3.91. The van der Waals surface area contributed by atoms with Gasteiger partial charge in [0.05, 0.1) is 16.7 Å². The maximum atomic E-state index is 12.3. The van der Waals surface area contributed by atoms with E-state index in [-0.39, 0.29) is 23.9 Å². The molecule has 2 fully saturated rings. The van der Waals surface area contributed by atoms with Crippen molar-refractivity contribution in [2.24, 2.45) is 5.92 Å². The molecule has 1 amide bonds. The van der Waals surface area contributed by atoms with Crippen LogP contribution in [0.15, 0.2) is 22.4 Å². The summed E-state index contributed by atoms with van der Waals surface area (Å²) in [6.07, 6.45) is 3.73. The number of hydrogen-bond donors (Lipinski definition) is 1. The summed E-state index contributed by atoms with van der Waals surface area (Å²) in [5.74, 6) is 0.615. The zero-order valence-electron chi connectivity index (χ0n) is 13.2. The minimum atomic E-state index is -0.226. The molecule has 1 atom stereocenters. The number of esters is 1. The summed E-state index contributed by atoms with van der Waals surface area (Å²) in [6.45, 7) is 6.49. The highest BCUT2D eigenvalue weighted by atomic mass is 32.2. The van der Waals surface area contributed by atoms with Crippen LogP contribution in [-0.2, 0) is 14.3 Å². The molecule has 3 aliphatic rings. The molecule has 5 nitrogen and oxygen atoms in total. The molecule has 0 aromatic rings. The molecule has 3 rings (SSSR count). The minimum absolute atomic E-state index is 0.0230. The van der Waals surface area contributed by atoms with Crippen LogP contribution in [-0.4, -0.2) is 41.2 Å². The Morgan fingerprint density at radius 1 is 1.41 bits per heavy atom. The fourth-order valence-corrected chi connectivity index (χ4v) is 4.05. The smallest absolute Gasteiger partial charge is 0.337 e. The molecule has 1 saturated carbocycles. The second-order valence-corrected chi connectivity index (χ2v) is 7.36. The van der Waals surface area contributed by atoms with Crippen molar-refractivity contribution in [3.63, 3.8) is 0 Å². The van der Waals surface area contributed by atoms with E-state index in [1.807, 2.05) is 20.8 Å². The molecule has 120 valence electrons.